The van der Waals surface area contributed by atoms with E-state index in [1.807, 2.05) is 30.5 Å². The van der Waals surface area contributed by atoms with Crippen molar-refractivity contribution >= 4 is 33.2 Å². The van der Waals surface area contributed by atoms with Gasteiger partial charge in [-0.15, -0.1) is 0 Å². The molecule has 0 radical (unpaired) electrons. The Bertz CT molecular complexity index is 986. The topological polar surface area (TPSA) is 85.1 Å². The molecule has 1 N–H and O–H groups in total. The Morgan fingerprint density at radius 3 is 2.44 bits per heavy atom. The van der Waals surface area contributed by atoms with Gasteiger partial charge in [-0.2, -0.15) is 0 Å². The number of halogens is 1. The number of hydrogen-bond donors (Lipinski definition) is 1. The maximum atomic E-state index is 12.4. The Labute approximate surface area is 164 Å². The molecule has 0 saturated heterocycles. The summed E-state index contributed by atoms with van der Waals surface area (Å²) in [7, 11) is 0. The fraction of sp³-hybridized carbons (Fsp3) is 0.100. The first-order valence-electron chi connectivity index (χ1n) is 8.28. The summed E-state index contributed by atoms with van der Waals surface area (Å²) in [6.45, 7) is 2.08. The second-order valence-electron chi connectivity index (χ2n) is 5.86. The molecule has 3 rings (SSSR count). The van der Waals surface area contributed by atoms with E-state index >= 15 is 0 Å². The minimum Gasteiger partial charge on any atom is -0.321 e. The van der Waals surface area contributed by atoms with Gasteiger partial charge in [0.1, 0.15) is 0 Å². The highest BCUT2D eigenvalue weighted by atomic mass is 79.9. The lowest BCUT2D eigenvalue weighted by Gasteiger charge is -2.08. The second kappa shape index (κ2) is 8.09. The number of nitro benzene ring substituents is 1. The summed E-state index contributed by atoms with van der Waals surface area (Å²) < 4.78 is 0.446. The Morgan fingerprint density at radius 1 is 1.15 bits per heavy atom. The molecule has 2 aromatic carbocycles. The van der Waals surface area contributed by atoms with Crippen LogP contribution in [0.5, 0.6) is 0 Å². The summed E-state index contributed by atoms with van der Waals surface area (Å²) in [6.07, 6.45) is 2.78. The maximum absolute atomic E-state index is 12.4. The number of non-ortho nitro benzene ring substituents is 1. The molecule has 0 aliphatic heterocycles. The number of carbonyl (C=O) groups is 1. The van der Waals surface area contributed by atoms with Gasteiger partial charge in [-0.1, -0.05) is 25.1 Å². The van der Waals surface area contributed by atoms with Crippen LogP contribution in [0.2, 0.25) is 0 Å². The van der Waals surface area contributed by atoms with Crippen LogP contribution in [0.15, 0.2) is 65.3 Å². The van der Waals surface area contributed by atoms with E-state index in [0.717, 1.165) is 17.7 Å². The summed E-state index contributed by atoms with van der Waals surface area (Å²) in [5.74, 6) is -0.301. The monoisotopic (exact) mass is 425 g/mol. The number of pyridine rings is 1. The van der Waals surface area contributed by atoms with E-state index in [2.05, 4.69) is 33.2 Å². The van der Waals surface area contributed by atoms with Gasteiger partial charge in [-0.25, -0.2) is 0 Å². The third-order valence-corrected chi connectivity index (χ3v) is 4.74. The van der Waals surface area contributed by atoms with Crippen LogP contribution >= 0.6 is 15.9 Å². The fourth-order valence-electron chi connectivity index (χ4n) is 2.51. The zero-order valence-electron chi connectivity index (χ0n) is 14.5. The van der Waals surface area contributed by atoms with Crippen LogP contribution in [0.25, 0.3) is 11.3 Å². The van der Waals surface area contributed by atoms with Gasteiger partial charge in [0, 0.05) is 33.9 Å². The summed E-state index contributed by atoms with van der Waals surface area (Å²) >= 11 is 3.24. The van der Waals surface area contributed by atoms with E-state index < -0.39 is 4.92 Å². The summed E-state index contributed by atoms with van der Waals surface area (Å²) in [5, 5.41) is 13.5. The van der Waals surface area contributed by atoms with Crippen molar-refractivity contribution in [3.8, 4) is 11.3 Å². The van der Waals surface area contributed by atoms with Gasteiger partial charge in [0.2, 0.25) is 0 Å². The number of rotatable bonds is 5. The van der Waals surface area contributed by atoms with Crippen LogP contribution in [-0.2, 0) is 6.42 Å². The third kappa shape index (κ3) is 4.38. The molecule has 0 aliphatic carbocycles. The first-order chi connectivity index (χ1) is 13.0. The number of aromatic nitrogens is 1. The predicted octanol–water partition coefficient (Wildman–Crippen LogP) is 5.23. The van der Waals surface area contributed by atoms with Crippen LogP contribution < -0.4 is 5.32 Å². The van der Waals surface area contributed by atoms with Crippen molar-refractivity contribution in [2.75, 3.05) is 5.32 Å². The van der Waals surface area contributed by atoms with Crippen molar-refractivity contribution in [1.29, 1.82) is 0 Å². The van der Waals surface area contributed by atoms with Crippen LogP contribution in [0.4, 0.5) is 11.4 Å². The molecule has 1 heterocycles. The molecule has 27 heavy (non-hydrogen) atoms. The largest absolute Gasteiger partial charge is 0.321 e. The predicted molar refractivity (Wildman–Crippen MR) is 108 cm³/mol. The standard InChI is InChI=1S/C20H16BrN3O3/c1-2-13-3-9-18(22-12-13)14-4-6-15(7-5-14)20(25)23-19-10-8-16(24(26)27)11-17(19)21/h3-12H,2H2,1H3,(H,23,25). The Kier molecular flexibility index (Phi) is 5.61. The number of nitrogens with one attached hydrogen (secondary N) is 1. The van der Waals surface area contributed by atoms with E-state index in [0.29, 0.717) is 15.7 Å². The van der Waals surface area contributed by atoms with Gasteiger partial charge in [0.05, 0.1) is 16.3 Å². The zero-order chi connectivity index (χ0) is 19.4. The Balaban J connectivity index is 1.74. The minimum atomic E-state index is -0.490. The number of benzene rings is 2. The molecule has 1 aromatic heterocycles. The van der Waals surface area contributed by atoms with E-state index in [1.54, 1.807) is 12.1 Å². The molecule has 0 aliphatic rings. The number of aryl methyl sites for hydroxylation is 1. The number of carbonyl (C=O) groups excluding carboxylic acids is 1. The van der Waals surface area contributed by atoms with Crippen LogP contribution in [0.1, 0.15) is 22.8 Å². The minimum absolute atomic E-state index is 0.0502. The van der Waals surface area contributed by atoms with Crippen LogP contribution in [-0.4, -0.2) is 15.8 Å². The average Bonchev–Trinajstić information content (AvgIpc) is 2.69. The molecule has 0 atom stereocenters. The molecule has 0 unspecified atom stereocenters. The molecule has 6 nitrogen and oxygen atoms in total. The van der Waals surface area contributed by atoms with Crippen LogP contribution in [0, 0.1) is 10.1 Å². The summed E-state index contributed by atoms with van der Waals surface area (Å²) in [6, 6.07) is 15.3. The number of nitrogens with zero attached hydrogens (tertiary/aromatic N) is 2. The normalized spacial score (nSPS) is 10.4. The van der Waals surface area contributed by atoms with Crippen molar-refractivity contribution < 1.29 is 9.72 Å². The van der Waals surface area contributed by atoms with E-state index in [-0.39, 0.29) is 11.6 Å². The summed E-state index contributed by atoms with van der Waals surface area (Å²) in [5.41, 5.74) is 3.83. The molecular formula is C20H16BrN3O3. The quantitative estimate of drug-likeness (QED) is 0.447. The SMILES string of the molecule is CCc1ccc(-c2ccc(C(=O)Nc3ccc([N+](=O)[O-])cc3Br)cc2)nc1. The number of amides is 1. The lowest BCUT2D eigenvalue weighted by Crippen LogP contribution is -2.12. The molecule has 1 amide bonds. The van der Waals surface area contributed by atoms with Gasteiger partial charge >= 0.3 is 0 Å². The molecule has 0 saturated carbocycles. The highest BCUT2D eigenvalue weighted by Gasteiger charge is 2.12. The molecule has 7 heteroatoms. The highest BCUT2D eigenvalue weighted by Crippen LogP contribution is 2.27. The van der Waals surface area contributed by atoms with Crippen LogP contribution in [0.3, 0.4) is 0 Å². The van der Waals surface area contributed by atoms with Gasteiger partial charge in [0.15, 0.2) is 0 Å². The lowest BCUT2D eigenvalue weighted by molar-refractivity contribution is -0.384. The first kappa shape index (κ1) is 18.7. The van der Waals surface area contributed by atoms with Gasteiger partial charge in [-0.3, -0.25) is 19.9 Å². The number of nitro groups is 1. The van der Waals surface area contributed by atoms with Crippen molar-refractivity contribution in [3.05, 3.63) is 86.5 Å². The molecule has 0 spiro atoms. The lowest BCUT2D eigenvalue weighted by atomic mass is 10.1. The van der Waals surface area contributed by atoms with Gasteiger partial charge in [0.25, 0.3) is 11.6 Å². The first-order valence-corrected chi connectivity index (χ1v) is 9.08. The van der Waals surface area contributed by atoms with Crippen molar-refractivity contribution in [3.63, 3.8) is 0 Å². The second-order valence-corrected chi connectivity index (χ2v) is 6.71. The maximum Gasteiger partial charge on any atom is 0.270 e. The van der Waals surface area contributed by atoms with Gasteiger partial charge in [-0.05, 0) is 52.2 Å². The number of anilines is 1. The Morgan fingerprint density at radius 2 is 1.89 bits per heavy atom. The van der Waals surface area contributed by atoms with E-state index in [4.69, 9.17) is 0 Å². The van der Waals surface area contributed by atoms with E-state index in [1.165, 1.54) is 23.8 Å². The smallest absolute Gasteiger partial charge is 0.270 e. The molecular weight excluding hydrogens is 410 g/mol. The van der Waals surface area contributed by atoms with Crippen molar-refractivity contribution in [2.45, 2.75) is 13.3 Å². The molecule has 0 bridgehead atoms. The highest BCUT2D eigenvalue weighted by molar-refractivity contribution is 9.10. The summed E-state index contributed by atoms with van der Waals surface area (Å²) in [4.78, 5) is 27.2. The third-order valence-electron chi connectivity index (χ3n) is 4.09. The average molecular weight is 426 g/mol. The van der Waals surface area contributed by atoms with Crippen molar-refractivity contribution in [2.24, 2.45) is 0 Å². The van der Waals surface area contributed by atoms with Crippen molar-refractivity contribution in [1.82, 2.24) is 4.98 Å². The van der Waals surface area contributed by atoms with E-state index in [9.17, 15) is 14.9 Å². The zero-order valence-corrected chi connectivity index (χ0v) is 16.1. The number of hydrogen-bond acceptors (Lipinski definition) is 4. The Hall–Kier alpha value is -3.06. The molecule has 3 aromatic rings. The van der Waals surface area contributed by atoms with Gasteiger partial charge < -0.3 is 5.32 Å². The molecule has 0 fully saturated rings. The fourth-order valence-corrected chi connectivity index (χ4v) is 2.98. The molecule has 136 valence electrons.